The summed E-state index contributed by atoms with van der Waals surface area (Å²) in [4.78, 5) is 0. The van der Waals surface area contributed by atoms with Gasteiger partial charge in [-0.1, -0.05) is 48.0 Å². The average molecular weight is 355 g/mol. The Morgan fingerprint density at radius 3 is 2.29 bits per heavy atom. The molecule has 0 aliphatic heterocycles. The fraction of sp³-hybridized carbons (Fsp3) is 0.294. The van der Waals surface area contributed by atoms with E-state index in [1.54, 1.807) is 6.07 Å². The number of para-hydroxylation sites is 1. The number of methoxy groups -OCH3 is 1. The molecule has 4 heteroatoms. The zero-order chi connectivity index (χ0) is 15.7. The molecule has 0 bridgehead atoms. The lowest BCUT2D eigenvalue weighted by atomic mass is 10.1. The highest BCUT2D eigenvalue weighted by Crippen LogP contribution is 2.25. The molecule has 0 radical (unpaired) electrons. The maximum atomic E-state index is 13.6. The van der Waals surface area contributed by atoms with E-state index < -0.39 is 0 Å². The van der Waals surface area contributed by atoms with Crippen LogP contribution < -0.4 is 9.47 Å². The minimum atomic E-state index is -0.361. The normalized spacial score (nSPS) is 9.57. The van der Waals surface area contributed by atoms with Crippen LogP contribution in [0.4, 0.5) is 4.39 Å². The molecule has 2 nitrogen and oxygen atoms in total. The molecule has 2 aromatic rings. The van der Waals surface area contributed by atoms with Gasteiger partial charge in [0.2, 0.25) is 0 Å². The molecule has 0 saturated heterocycles. The Hall–Kier alpha value is -1.55. The molecule has 0 saturated carbocycles. The van der Waals surface area contributed by atoms with Crippen molar-refractivity contribution in [2.75, 3.05) is 7.11 Å². The highest BCUT2D eigenvalue weighted by Gasteiger charge is 2.10. The number of ether oxygens (including phenoxy) is 2. The first-order valence-corrected chi connectivity index (χ1v) is 7.96. The second-order valence-electron chi connectivity index (χ2n) is 3.99. The van der Waals surface area contributed by atoms with Crippen molar-refractivity contribution in [3.8, 4) is 11.5 Å². The third kappa shape index (κ3) is 5.05. The molecule has 0 aliphatic rings. The topological polar surface area (TPSA) is 18.5 Å². The third-order valence-electron chi connectivity index (χ3n) is 2.76. The van der Waals surface area contributed by atoms with E-state index in [1.807, 2.05) is 44.2 Å². The molecule has 0 spiro atoms. The number of hydrogen-bond acceptors (Lipinski definition) is 2. The van der Waals surface area contributed by atoms with Gasteiger partial charge in [0.05, 0.1) is 7.11 Å². The maximum absolute atomic E-state index is 13.6. The van der Waals surface area contributed by atoms with Crippen LogP contribution in [-0.2, 0) is 11.9 Å². The zero-order valence-corrected chi connectivity index (χ0v) is 14.1. The third-order valence-corrected chi connectivity index (χ3v) is 3.36. The number of halogens is 2. The highest BCUT2D eigenvalue weighted by molar-refractivity contribution is 9.08. The molecule has 0 heterocycles. The van der Waals surface area contributed by atoms with Crippen LogP contribution in [0.25, 0.3) is 0 Å². The van der Waals surface area contributed by atoms with Crippen LogP contribution in [0.15, 0.2) is 42.5 Å². The van der Waals surface area contributed by atoms with Crippen molar-refractivity contribution >= 4 is 15.9 Å². The summed E-state index contributed by atoms with van der Waals surface area (Å²) in [6.45, 7) is 4.38. The van der Waals surface area contributed by atoms with Crippen LogP contribution >= 0.6 is 15.9 Å². The number of rotatable bonds is 5. The van der Waals surface area contributed by atoms with E-state index in [0.717, 1.165) is 16.9 Å². The highest BCUT2D eigenvalue weighted by atomic mass is 79.9. The van der Waals surface area contributed by atoms with E-state index in [-0.39, 0.29) is 11.6 Å². The first-order valence-electron chi connectivity index (χ1n) is 6.83. The first-order chi connectivity index (χ1) is 10.2. The Morgan fingerprint density at radius 1 is 1.05 bits per heavy atom. The SMILES string of the molecule is CC.COc1cc(COc2ccccc2)c(CBr)cc1F. The summed E-state index contributed by atoms with van der Waals surface area (Å²) >= 11 is 3.35. The van der Waals surface area contributed by atoms with Crippen LogP contribution in [0.3, 0.4) is 0 Å². The summed E-state index contributed by atoms with van der Waals surface area (Å²) in [7, 11) is 1.45. The van der Waals surface area contributed by atoms with Crippen LogP contribution in [0.5, 0.6) is 11.5 Å². The number of alkyl halides is 1. The minimum absolute atomic E-state index is 0.233. The molecule has 0 unspecified atom stereocenters. The predicted molar refractivity (Wildman–Crippen MR) is 87.7 cm³/mol. The summed E-state index contributed by atoms with van der Waals surface area (Å²) in [5, 5.41) is 0.571. The van der Waals surface area contributed by atoms with Crippen molar-refractivity contribution in [3.63, 3.8) is 0 Å². The van der Waals surface area contributed by atoms with Crippen molar-refractivity contribution in [3.05, 3.63) is 59.4 Å². The van der Waals surface area contributed by atoms with E-state index >= 15 is 0 Å². The maximum Gasteiger partial charge on any atom is 0.165 e. The largest absolute Gasteiger partial charge is 0.494 e. The van der Waals surface area contributed by atoms with Gasteiger partial charge in [-0.25, -0.2) is 4.39 Å². The molecular formula is C17H20BrFO2. The van der Waals surface area contributed by atoms with Gasteiger partial charge in [0.1, 0.15) is 12.4 Å². The quantitative estimate of drug-likeness (QED) is 0.675. The minimum Gasteiger partial charge on any atom is -0.494 e. The van der Waals surface area contributed by atoms with Crippen molar-refractivity contribution in [2.24, 2.45) is 0 Å². The Labute approximate surface area is 134 Å². The summed E-state index contributed by atoms with van der Waals surface area (Å²) in [5.74, 6) is 0.656. The Kier molecular flexibility index (Phi) is 7.83. The van der Waals surface area contributed by atoms with Crippen LogP contribution in [-0.4, -0.2) is 7.11 Å². The van der Waals surface area contributed by atoms with Gasteiger partial charge in [0.25, 0.3) is 0 Å². The molecule has 21 heavy (non-hydrogen) atoms. The number of hydrogen-bond donors (Lipinski definition) is 0. The monoisotopic (exact) mass is 354 g/mol. The second-order valence-corrected chi connectivity index (χ2v) is 4.55. The van der Waals surface area contributed by atoms with Crippen molar-refractivity contribution in [1.82, 2.24) is 0 Å². The number of benzene rings is 2. The first kappa shape index (κ1) is 17.5. The van der Waals surface area contributed by atoms with Crippen molar-refractivity contribution < 1.29 is 13.9 Å². The van der Waals surface area contributed by atoms with Gasteiger partial charge < -0.3 is 9.47 Å². The molecule has 0 amide bonds. The molecule has 0 aliphatic carbocycles. The smallest absolute Gasteiger partial charge is 0.165 e. The summed E-state index contributed by atoms with van der Waals surface area (Å²) < 4.78 is 24.3. The van der Waals surface area contributed by atoms with Gasteiger partial charge in [-0.15, -0.1) is 0 Å². The second kappa shape index (κ2) is 9.40. The fourth-order valence-electron chi connectivity index (χ4n) is 1.73. The van der Waals surface area contributed by atoms with E-state index in [9.17, 15) is 4.39 Å². The van der Waals surface area contributed by atoms with Gasteiger partial charge >= 0.3 is 0 Å². The standard InChI is InChI=1S/C15H14BrFO2.C2H6/c1-18-15-8-12(11(9-16)7-14(15)17)10-19-13-5-3-2-4-6-13;1-2/h2-8H,9-10H2,1H3;1-2H3. The van der Waals surface area contributed by atoms with Crippen molar-refractivity contribution in [1.29, 1.82) is 0 Å². The Balaban J connectivity index is 0.00000106. The van der Waals surface area contributed by atoms with Gasteiger partial charge in [0, 0.05) is 5.33 Å². The van der Waals surface area contributed by atoms with Gasteiger partial charge in [-0.05, 0) is 35.4 Å². The molecular weight excluding hydrogens is 335 g/mol. The summed E-state index contributed by atoms with van der Waals surface area (Å²) in [5.41, 5.74) is 1.76. The van der Waals surface area contributed by atoms with Crippen LogP contribution in [0, 0.1) is 5.82 Å². The van der Waals surface area contributed by atoms with Gasteiger partial charge in [0.15, 0.2) is 11.6 Å². The lowest BCUT2D eigenvalue weighted by Crippen LogP contribution is -2.01. The summed E-state index contributed by atoms with van der Waals surface area (Å²) in [6.07, 6.45) is 0. The lowest BCUT2D eigenvalue weighted by molar-refractivity contribution is 0.303. The van der Waals surface area contributed by atoms with Crippen molar-refractivity contribution in [2.45, 2.75) is 25.8 Å². The van der Waals surface area contributed by atoms with E-state index in [2.05, 4.69) is 15.9 Å². The zero-order valence-electron chi connectivity index (χ0n) is 12.5. The average Bonchev–Trinajstić information content (AvgIpc) is 2.56. The Morgan fingerprint density at radius 2 is 1.71 bits per heavy atom. The molecule has 2 aromatic carbocycles. The molecule has 114 valence electrons. The fourth-order valence-corrected chi connectivity index (χ4v) is 2.25. The molecule has 2 rings (SSSR count). The molecule has 0 aromatic heterocycles. The van der Waals surface area contributed by atoms with Gasteiger partial charge in [-0.3, -0.25) is 0 Å². The molecule has 0 N–H and O–H groups in total. The van der Waals surface area contributed by atoms with Crippen LogP contribution in [0.1, 0.15) is 25.0 Å². The lowest BCUT2D eigenvalue weighted by Gasteiger charge is -2.12. The Bertz CT molecular complexity index is 544. The molecule has 0 atom stereocenters. The summed E-state index contributed by atoms with van der Waals surface area (Å²) in [6, 6.07) is 12.7. The van der Waals surface area contributed by atoms with E-state index in [4.69, 9.17) is 9.47 Å². The predicted octanol–water partition coefficient (Wildman–Crippen LogP) is 5.33. The van der Waals surface area contributed by atoms with E-state index in [1.165, 1.54) is 13.2 Å². The van der Waals surface area contributed by atoms with Crippen LogP contribution in [0.2, 0.25) is 0 Å². The molecule has 0 fully saturated rings. The van der Waals surface area contributed by atoms with Gasteiger partial charge in [-0.2, -0.15) is 0 Å². The van der Waals surface area contributed by atoms with E-state index in [0.29, 0.717) is 11.9 Å².